The number of carbonyl (C=O) groups excluding carboxylic acids is 1. The van der Waals surface area contributed by atoms with Crippen LogP contribution in [0.5, 0.6) is 5.75 Å². The monoisotopic (exact) mass is 434 g/mol. The Labute approximate surface area is 182 Å². The average Bonchev–Trinajstić information content (AvgIpc) is 3.14. The highest BCUT2D eigenvalue weighted by molar-refractivity contribution is 6.31. The number of non-ortho nitro benzene ring substituents is 1. The average molecular weight is 435 g/mol. The molecule has 0 atom stereocenters. The Morgan fingerprint density at radius 2 is 1.74 bits per heavy atom. The molecule has 0 N–H and O–H groups in total. The Kier molecular flexibility index (Phi) is 5.77. The fraction of sp³-hybridized carbons (Fsp3) is 0.0435. The Morgan fingerprint density at radius 3 is 2.42 bits per heavy atom. The number of hydrogen-bond acceptors (Lipinski definition) is 6. The minimum absolute atomic E-state index is 0.0544. The van der Waals surface area contributed by atoms with E-state index in [-0.39, 0.29) is 17.3 Å². The highest BCUT2D eigenvalue weighted by Gasteiger charge is 2.24. The number of halogens is 1. The van der Waals surface area contributed by atoms with E-state index in [9.17, 15) is 14.9 Å². The topological polar surface area (TPSA) is 91.0 Å². The smallest absolute Gasteiger partial charge is 0.363 e. The van der Waals surface area contributed by atoms with Crippen LogP contribution < -0.4 is 4.74 Å². The largest absolute Gasteiger partial charge is 0.489 e. The third-order valence-electron chi connectivity index (χ3n) is 4.48. The minimum atomic E-state index is -0.590. The van der Waals surface area contributed by atoms with Gasteiger partial charge in [-0.3, -0.25) is 10.1 Å². The van der Waals surface area contributed by atoms with Crippen molar-refractivity contribution in [3.05, 3.63) is 110 Å². The fourth-order valence-electron chi connectivity index (χ4n) is 2.85. The molecule has 0 saturated heterocycles. The van der Waals surface area contributed by atoms with Crippen molar-refractivity contribution in [2.24, 2.45) is 4.99 Å². The summed E-state index contributed by atoms with van der Waals surface area (Å²) < 4.78 is 10.9. The van der Waals surface area contributed by atoms with Gasteiger partial charge in [-0.25, -0.2) is 9.79 Å². The second-order valence-electron chi connectivity index (χ2n) is 6.59. The molecule has 0 amide bonds. The molecule has 8 heteroatoms. The molecule has 7 nitrogen and oxygen atoms in total. The molecule has 3 aromatic rings. The molecule has 0 saturated carbocycles. The lowest BCUT2D eigenvalue weighted by Crippen LogP contribution is -2.05. The number of nitro groups is 1. The zero-order chi connectivity index (χ0) is 21.8. The first kappa shape index (κ1) is 20.3. The van der Waals surface area contributed by atoms with Crippen molar-refractivity contribution < 1.29 is 19.2 Å². The van der Waals surface area contributed by atoms with Crippen molar-refractivity contribution >= 4 is 35.2 Å². The third kappa shape index (κ3) is 4.79. The fourth-order valence-corrected chi connectivity index (χ4v) is 3.04. The normalized spacial score (nSPS) is 14.3. The maximum atomic E-state index is 12.1. The summed E-state index contributed by atoms with van der Waals surface area (Å²) >= 11 is 6.13. The Morgan fingerprint density at radius 1 is 1.03 bits per heavy atom. The van der Waals surface area contributed by atoms with Gasteiger partial charge in [0.1, 0.15) is 12.4 Å². The highest BCUT2D eigenvalue weighted by atomic mass is 35.5. The quantitative estimate of drug-likeness (QED) is 0.231. The molecule has 1 aliphatic heterocycles. The van der Waals surface area contributed by atoms with Gasteiger partial charge in [-0.15, -0.1) is 0 Å². The van der Waals surface area contributed by atoms with Gasteiger partial charge in [-0.2, -0.15) is 0 Å². The lowest BCUT2D eigenvalue weighted by atomic mass is 10.2. The van der Waals surface area contributed by atoms with Crippen LogP contribution in [-0.2, 0) is 16.1 Å². The SMILES string of the molecule is O=C1OC(c2ccc([N+](=O)[O-])cc2)=N/C1=C\c1ccc(OCc2ccccc2Cl)cc1. The van der Waals surface area contributed by atoms with Gasteiger partial charge in [0, 0.05) is 28.3 Å². The van der Waals surface area contributed by atoms with E-state index in [0.29, 0.717) is 22.9 Å². The standard InChI is InChI=1S/C23H15ClN2O5/c24-20-4-2-1-3-17(20)14-30-19-11-5-15(6-12-19)13-21-23(27)31-22(25-21)16-7-9-18(10-8-16)26(28)29/h1-13H,14H2/b21-13-. The first-order valence-corrected chi connectivity index (χ1v) is 9.61. The molecule has 0 bridgehead atoms. The van der Waals surface area contributed by atoms with Crippen molar-refractivity contribution in [3.8, 4) is 5.75 Å². The van der Waals surface area contributed by atoms with E-state index < -0.39 is 10.9 Å². The summed E-state index contributed by atoms with van der Waals surface area (Å²) in [6, 6.07) is 20.2. The number of hydrogen-bond donors (Lipinski definition) is 0. The predicted molar refractivity (Wildman–Crippen MR) is 116 cm³/mol. The molecule has 0 aromatic heterocycles. The number of nitrogens with zero attached hydrogens (tertiary/aromatic N) is 2. The summed E-state index contributed by atoms with van der Waals surface area (Å²) in [5.74, 6) is 0.171. The Balaban J connectivity index is 1.45. The van der Waals surface area contributed by atoms with Gasteiger partial charge < -0.3 is 9.47 Å². The van der Waals surface area contributed by atoms with Crippen LogP contribution in [0.1, 0.15) is 16.7 Å². The predicted octanol–water partition coefficient (Wildman–Crippen LogP) is 5.17. The summed E-state index contributed by atoms with van der Waals surface area (Å²) in [5, 5.41) is 11.4. The number of rotatable bonds is 6. The van der Waals surface area contributed by atoms with Gasteiger partial charge in [0.2, 0.25) is 5.90 Å². The molecule has 154 valence electrons. The van der Waals surface area contributed by atoms with Crippen molar-refractivity contribution in [3.63, 3.8) is 0 Å². The van der Waals surface area contributed by atoms with Crippen LogP contribution in [0.15, 0.2) is 83.5 Å². The molecule has 1 heterocycles. The van der Waals surface area contributed by atoms with E-state index >= 15 is 0 Å². The van der Waals surface area contributed by atoms with Crippen molar-refractivity contribution in [1.82, 2.24) is 0 Å². The minimum Gasteiger partial charge on any atom is -0.489 e. The van der Waals surface area contributed by atoms with Crippen LogP contribution in [0.3, 0.4) is 0 Å². The van der Waals surface area contributed by atoms with Crippen LogP contribution in [0, 0.1) is 10.1 Å². The molecule has 0 unspecified atom stereocenters. The zero-order valence-corrected chi connectivity index (χ0v) is 16.8. The second kappa shape index (κ2) is 8.81. The van der Waals surface area contributed by atoms with Gasteiger partial charge in [0.05, 0.1) is 4.92 Å². The van der Waals surface area contributed by atoms with E-state index in [4.69, 9.17) is 21.1 Å². The molecular formula is C23H15ClN2O5. The number of benzene rings is 3. The molecule has 0 aliphatic carbocycles. The van der Waals surface area contributed by atoms with Gasteiger partial charge in [-0.05, 0) is 42.0 Å². The Bertz CT molecular complexity index is 1200. The molecule has 3 aromatic carbocycles. The van der Waals surface area contributed by atoms with Crippen LogP contribution in [0.2, 0.25) is 5.02 Å². The van der Waals surface area contributed by atoms with Crippen molar-refractivity contribution in [2.75, 3.05) is 0 Å². The number of carbonyl (C=O) groups is 1. The number of aliphatic imine (C=N–C) groups is 1. The molecule has 0 spiro atoms. The van der Waals surface area contributed by atoms with Crippen LogP contribution in [0.25, 0.3) is 6.08 Å². The third-order valence-corrected chi connectivity index (χ3v) is 4.85. The number of cyclic esters (lactones) is 1. The van der Waals surface area contributed by atoms with Crippen LogP contribution >= 0.6 is 11.6 Å². The van der Waals surface area contributed by atoms with Crippen LogP contribution in [-0.4, -0.2) is 16.8 Å². The van der Waals surface area contributed by atoms with Gasteiger partial charge in [0.25, 0.3) is 5.69 Å². The van der Waals surface area contributed by atoms with Gasteiger partial charge in [0.15, 0.2) is 5.70 Å². The summed E-state index contributed by atoms with van der Waals surface area (Å²) in [4.78, 5) is 26.6. The molecular weight excluding hydrogens is 420 g/mol. The summed E-state index contributed by atoms with van der Waals surface area (Å²) in [7, 11) is 0. The van der Waals surface area contributed by atoms with E-state index in [1.54, 1.807) is 30.3 Å². The first-order valence-electron chi connectivity index (χ1n) is 9.23. The summed E-state index contributed by atoms with van der Waals surface area (Å²) in [6.45, 7) is 0.343. The molecule has 1 aliphatic rings. The van der Waals surface area contributed by atoms with E-state index in [2.05, 4.69) is 4.99 Å². The molecule has 0 fully saturated rings. The summed E-state index contributed by atoms with van der Waals surface area (Å²) in [5.41, 5.74) is 2.19. The lowest BCUT2D eigenvalue weighted by molar-refractivity contribution is -0.384. The molecule has 31 heavy (non-hydrogen) atoms. The van der Waals surface area contributed by atoms with E-state index in [0.717, 1.165) is 11.1 Å². The van der Waals surface area contributed by atoms with Gasteiger partial charge >= 0.3 is 5.97 Å². The maximum absolute atomic E-state index is 12.1. The molecule has 4 rings (SSSR count). The van der Waals surface area contributed by atoms with Crippen molar-refractivity contribution in [1.29, 1.82) is 0 Å². The van der Waals surface area contributed by atoms with Gasteiger partial charge in [-0.1, -0.05) is 41.9 Å². The van der Waals surface area contributed by atoms with Crippen molar-refractivity contribution in [2.45, 2.75) is 6.61 Å². The van der Waals surface area contributed by atoms with E-state index in [1.807, 2.05) is 24.3 Å². The molecule has 0 radical (unpaired) electrons. The number of nitro benzene ring substituents is 1. The Hall–Kier alpha value is -3.97. The number of ether oxygens (including phenoxy) is 2. The maximum Gasteiger partial charge on any atom is 0.363 e. The summed E-state index contributed by atoms with van der Waals surface area (Å²) in [6.07, 6.45) is 1.60. The first-order chi connectivity index (χ1) is 15.0. The van der Waals surface area contributed by atoms with Crippen LogP contribution in [0.4, 0.5) is 5.69 Å². The zero-order valence-electron chi connectivity index (χ0n) is 16.0. The highest BCUT2D eigenvalue weighted by Crippen LogP contribution is 2.23. The second-order valence-corrected chi connectivity index (χ2v) is 7.00. The lowest BCUT2D eigenvalue weighted by Gasteiger charge is -2.07. The number of esters is 1. The van der Waals surface area contributed by atoms with E-state index in [1.165, 1.54) is 24.3 Å².